The number of carbonyl (C=O) groups is 2. The van der Waals surface area contributed by atoms with Crippen LogP contribution in [0.5, 0.6) is 28.7 Å². The van der Waals surface area contributed by atoms with Gasteiger partial charge in [-0.15, -0.1) is 0 Å². The van der Waals surface area contributed by atoms with E-state index in [2.05, 4.69) is 4.99 Å². The number of nitrogens with zero attached hydrogens (tertiary/aromatic N) is 2. The first-order chi connectivity index (χ1) is 29.4. The molecule has 0 saturated carbocycles. The number of fused-ring (bicyclic) bond motifs is 6. The summed E-state index contributed by atoms with van der Waals surface area (Å²) in [6.45, 7) is -0.160. The van der Waals surface area contributed by atoms with Crippen molar-refractivity contribution in [1.82, 2.24) is 4.90 Å². The number of esters is 1. The van der Waals surface area contributed by atoms with Gasteiger partial charge < -0.3 is 80.2 Å². The molecule has 0 aromatic heterocycles. The first kappa shape index (κ1) is 41.9. The number of nitrogens with two attached hydrogens (primary N) is 2. The average molecular weight is 847 g/mol. The van der Waals surface area contributed by atoms with Gasteiger partial charge in [-0.25, -0.2) is 0 Å². The van der Waals surface area contributed by atoms with Gasteiger partial charge in [0.15, 0.2) is 24.4 Å². The molecule has 0 bridgehead atoms. The maximum Gasteiger partial charge on any atom is 0.317 e. The van der Waals surface area contributed by atoms with Gasteiger partial charge in [0.25, 0.3) is 0 Å². The Morgan fingerprint density at radius 1 is 0.984 bits per heavy atom. The molecule has 8 rings (SSSR count). The van der Waals surface area contributed by atoms with Crippen LogP contribution in [0, 0.1) is 0 Å². The van der Waals surface area contributed by atoms with Gasteiger partial charge in [-0.2, -0.15) is 0 Å². The van der Waals surface area contributed by atoms with E-state index in [4.69, 9.17) is 49.7 Å². The summed E-state index contributed by atoms with van der Waals surface area (Å²) >= 11 is 0. The lowest BCUT2D eigenvalue weighted by Crippen LogP contribution is -2.66. The lowest BCUT2D eigenvalue weighted by Gasteiger charge is -2.43. The molecule has 5 aliphatic heterocycles. The number of carboxylic acid groups (broad SMARTS) is 1. The molecule has 0 aliphatic carbocycles. The molecule has 0 amide bonds. The van der Waals surface area contributed by atoms with Crippen molar-refractivity contribution < 1.29 is 73.4 Å². The van der Waals surface area contributed by atoms with Crippen molar-refractivity contribution >= 4 is 18.2 Å². The molecule has 0 spiro atoms. The fraction of sp³-hybridized carbons (Fsp3) is 0.405. The molecule has 19 nitrogen and oxygen atoms in total. The summed E-state index contributed by atoms with van der Waals surface area (Å²) in [5.74, 6) is -1.86. The molecule has 19 heteroatoms. The Morgan fingerprint density at radius 3 is 2.51 bits per heavy atom. The molecule has 0 radical (unpaired) electrons. The van der Waals surface area contributed by atoms with Gasteiger partial charge in [0.05, 0.1) is 24.4 Å². The Bertz CT molecular complexity index is 2220. The second-order valence-electron chi connectivity index (χ2n) is 15.1. The zero-order valence-corrected chi connectivity index (χ0v) is 32.6. The third-order valence-electron chi connectivity index (χ3n) is 11.0. The van der Waals surface area contributed by atoms with Crippen molar-refractivity contribution in [3.63, 3.8) is 0 Å². The van der Waals surface area contributed by atoms with Crippen molar-refractivity contribution in [2.45, 2.75) is 80.5 Å². The largest absolute Gasteiger partial charge is 0.489 e. The lowest BCUT2D eigenvalue weighted by molar-refractivity contribution is -0.291. The maximum absolute atomic E-state index is 12.3. The molecule has 1 fully saturated rings. The molecule has 5 heterocycles. The van der Waals surface area contributed by atoms with Crippen LogP contribution < -0.4 is 35.2 Å². The summed E-state index contributed by atoms with van der Waals surface area (Å²) in [7, 11) is 0. The zero-order chi connectivity index (χ0) is 42.9. The van der Waals surface area contributed by atoms with E-state index in [0.29, 0.717) is 42.1 Å². The van der Waals surface area contributed by atoms with E-state index in [1.165, 1.54) is 0 Å². The van der Waals surface area contributed by atoms with Gasteiger partial charge in [0, 0.05) is 54.7 Å². The van der Waals surface area contributed by atoms with E-state index in [9.17, 15) is 35.1 Å². The number of aliphatic imine (C=N–C) groups is 1. The third-order valence-corrected chi connectivity index (χ3v) is 11.0. The molecule has 9 unspecified atom stereocenters. The monoisotopic (exact) mass is 846 g/mol. The predicted octanol–water partition coefficient (Wildman–Crippen LogP) is 0.0915. The molecule has 9 atom stereocenters. The van der Waals surface area contributed by atoms with Crippen LogP contribution >= 0.6 is 0 Å². The topological polar surface area (TPSA) is 288 Å². The molecule has 1 saturated heterocycles. The molecule has 3 aromatic rings. The Hall–Kier alpha value is -5.77. The van der Waals surface area contributed by atoms with Gasteiger partial charge in [0.2, 0.25) is 12.0 Å². The molecule has 5 aliphatic rings. The standard InChI is InChI=1S/C42H46N4O15/c43-41(44)40(59-30(51)15-29(49)50)39-34(53)33(52)35(54)42(61-39)57-23-13-22(17-46-16-21-8-9-45-25(21)18-46)31-28(14-23)58-27(12-20-4-2-1-3-5-20)32-24-6-7-26(56-19-48)37(55-11-10-47)36(24)60-38(31)32/h1-9,13-14,18,27,32-35,38-42,47-48,52-54H,10-12,15-17,19,43-44H2,(H,49,50). The number of hydrogen-bond donors (Lipinski definition) is 8. The highest BCUT2D eigenvalue weighted by Gasteiger charge is 2.52. The first-order valence-electron chi connectivity index (χ1n) is 19.6. The Morgan fingerprint density at radius 2 is 1.79 bits per heavy atom. The number of aliphatic carboxylic acids is 1. The average Bonchev–Trinajstić information content (AvgIpc) is 3.94. The number of benzene rings is 3. The molecule has 10 N–H and O–H groups in total. The zero-order valence-electron chi connectivity index (χ0n) is 32.6. The van der Waals surface area contributed by atoms with Crippen molar-refractivity contribution in [2.75, 3.05) is 26.6 Å². The van der Waals surface area contributed by atoms with Crippen LogP contribution in [-0.4, -0.2) is 129 Å². The van der Waals surface area contributed by atoms with Gasteiger partial charge >= 0.3 is 11.9 Å². The lowest BCUT2D eigenvalue weighted by atomic mass is 9.80. The highest BCUT2D eigenvalue weighted by Crippen LogP contribution is 2.59. The second-order valence-corrected chi connectivity index (χ2v) is 15.1. The summed E-state index contributed by atoms with van der Waals surface area (Å²) in [6, 6.07) is 16.5. The van der Waals surface area contributed by atoms with E-state index >= 15 is 0 Å². The summed E-state index contributed by atoms with van der Waals surface area (Å²) in [5, 5.41) is 61.6. The van der Waals surface area contributed by atoms with Crippen LogP contribution in [0.1, 0.15) is 40.7 Å². The summed E-state index contributed by atoms with van der Waals surface area (Å²) < 4.78 is 42.6. The Balaban J connectivity index is 1.19. The molecule has 61 heavy (non-hydrogen) atoms. The summed E-state index contributed by atoms with van der Waals surface area (Å²) in [5.41, 5.74) is 16.7. The van der Waals surface area contributed by atoms with Gasteiger partial charge in [0.1, 0.15) is 61.2 Å². The SMILES string of the molecule is NC(N)C(OC(=O)CC(=O)O)C1OC(Oc2cc(CN3C=C4N=CC=C4C3)c3c(c2)OC(Cc2ccccc2)C2c4ccc(OCO)c(OCCO)c4OC32)C(O)C(O)C1O. The molecule has 324 valence electrons. The van der Waals surface area contributed by atoms with Crippen molar-refractivity contribution in [3.8, 4) is 28.7 Å². The first-order valence-corrected chi connectivity index (χ1v) is 19.6. The van der Waals surface area contributed by atoms with Gasteiger partial charge in [-0.3, -0.25) is 14.6 Å². The molecular formula is C42H46N4O15. The van der Waals surface area contributed by atoms with E-state index in [-0.39, 0.29) is 30.5 Å². The third kappa shape index (κ3) is 8.46. The Labute approximate surface area is 348 Å². The van der Waals surface area contributed by atoms with Gasteiger partial charge in [-0.05, 0) is 29.3 Å². The minimum Gasteiger partial charge on any atom is -0.489 e. The van der Waals surface area contributed by atoms with Crippen LogP contribution in [-0.2, 0) is 32.0 Å². The van der Waals surface area contributed by atoms with Crippen LogP contribution in [0.3, 0.4) is 0 Å². The predicted molar refractivity (Wildman–Crippen MR) is 211 cm³/mol. The second kappa shape index (κ2) is 17.7. The molecular weight excluding hydrogens is 800 g/mol. The number of aliphatic hydroxyl groups excluding tert-OH is 5. The van der Waals surface area contributed by atoms with E-state index in [1.807, 2.05) is 53.6 Å². The van der Waals surface area contributed by atoms with Crippen LogP contribution in [0.15, 0.2) is 83.1 Å². The fourth-order valence-corrected chi connectivity index (χ4v) is 8.38. The van der Waals surface area contributed by atoms with Crippen molar-refractivity contribution in [3.05, 3.63) is 100 Å². The number of aliphatic hydroxyl groups is 5. The van der Waals surface area contributed by atoms with Crippen molar-refractivity contribution in [2.24, 2.45) is 16.5 Å². The summed E-state index contributed by atoms with van der Waals surface area (Å²) in [4.78, 5) is 30.0. The number of carboxylic acids is 1. The van der Waals surface area contributed by atoms with Gasteiger partial charge in [-0.1, -0.05) is 36.4 Å². The quantitative estimate of drug-likeness (QED) is 0.0539. The van der Waals surface area contributed by atoms with E-state index in [0.717, 1.165) is 22.4 Å². The minimum atomic E-state index is -1.91. The fourth-order valence-electron chi connectivity index (χ4n) is 8.38. The number of allylic oxidation sites excluding steroid dienone is 1. The Kier molecular flexibility index (Phi) is 12.2. The number of hydrogen-bond acceptors (Lipinski definition) is 18. The minimum absolute atomic E-state index is 0.0736. The smallest absolute Gasteiger partial charge is 0.317 e. The summed E-state index contributed by atoms with van der Waals surface area (Å²) in [6.07, 6.45) is -8.42. The van der Waals surface area contributed by atoms with Crippen LogP contribution in [0.2, 0.25) is 0 Å². The normalized spacial score (nSPS) is 26.2. The van der Waals surface area contributed by atoms with Crippen LogP contribution in [0.4, 0.5) is 0 Å². The van der Waals surface area contributed by atoms with E-state index < -0.39 is 86.3 Å². The highest BCUT2D eigenvalue weighted by atomic mass is 16.7. The highest BCUT2D eigenvalue weighted by molar-refractivity contribution is 5.90. The number of carbonyl (C=O) groups excluding carboxylic acids is 1. The maximum atomic E-state index is 12.3. The van der Waals surface area contributed by atoms with E-state index in [1.54, 1.807) is 24.4 Å². The van der Waals surface area contributed by atoms with Crippen molar-refractivity contribution in [1.29, 1.82) is 0 Å². The van der Waals surface area contributed by atoms with Crippen LogP contribution in [0.25, 0.3) is 0 Å². The number of ether oxygens (including phenoxy) is 7. The number of rotatable bonds is 16. The molecule has 3 aromatic carbocycles.